The Balaban J connectivity index is 2.36. The van der Waals surface area contributed by atoms with Crippen molar-refractivity contribution in [1.29, 1.82) is 0 Å². The van der Waals surface area contributed by atoms with Crippen molar-refractivity contribution in [2.75, 3.05) is 24.6 Å². The number of fused-ring (bicyclic) bond motifs is 1. The quantitative estimate of drug-likeness (QED) is 0.783. The second-order valence-electron chi connectivity index (χ2n) is 5.08. The second kappa shape index (κ2) is 7.06. The third kappa shape index (κ3) is 3.13. The molecule has 112 valence electrons. The summed E-state index contributed by atoms with van der Waals surface area (Å²) in [6, 6.07) is 0.367. The number of rotatable bonds is 8. The Morgan fingerprint density at radius 1 is 1.50 bits per heavy atom. The largest absolute Gasteiger partial charge is 0.396 e. The first-order valence-corrected chi connectivity index (χ1v) is 8.09. The zero-order chi connectivity index (χ0) is 14.5. The van der Waals surface area contributed by atoms with Crippen LogP contribution in [0.5, 0.6) is 0 Å². The van der Waals surface area contributed by atoms with E-state index in [0.717, 1.165) is 36.8 Å². The molecule has 0 amide bonds. The topological polar surface area (TPSA) is 52.8 Å². The predicted octanol–water partition coefficient (Wildman–Crippen LogP) is 2.10. The maximum atomic E-state index is 9.09. The van der Waals surface area contributed by atoms with Gasteiger partial charge in [0.25, 0.3) is 0 Å². The highest BCUT2D eigenvalue weighted by atomic mass is 32.1. The highest BCUT2D eigenvalue weighted by molar-refractivity contribution is 7.15. The van der Waals surface area contributed by atoms with Crippen LogP contribution in [0.2, 0.25) is 0 Å². The fraction of sp³-hybridized carbons (Fsp3) is 0.643. The summed E-state index contributed by atoms with van der Waals surface area (Å²) in [5, 5.41) is 14.5. The molecule has 2 heterocycles. The van der Waals surface area contributed by atoms with Gasteiger partial charge in [-0.05, 0) is 26.8 Å². The van der Waals surface area contributed by atoms with Crippen LogP contribution in [0.1, 0.15) is 32.9 Å². The third-order valence-corrected chi connectivity index (χ3v) is 4.09. The fourth-order valence-electron chi connectivity index (χ4n) is 2.31. The molecule has 20 heavy (non-hydrogen) atoms. The van der Waals surface area contributed by atoms with Gasteiger partial charge >= 0.3 is 0 Å². The fourth-order valence-corrected chi connectivity index (χ4v) is 3.04. The van der Waals surface area contributed by atoms with Gasteiger partial charge in [-0.3, -0.25) is 4.40 Å². The lowest BCUT2D eigenvalue weighted by Gasteiger charge is -2.27. The van der Waals surface area contributed by atoms with Crippen molar-refractivity contribution < 1.29 is 5.11 Å². The maximum absolute atomic E-state index is 9.09. The van der Waals surface area contributed by atoms with Crippen molar-refractivity contribution in [1.82, 2.24) is 14.7 Å². The van der Waals surface area contributed by atoms with Gasteiger partial charge in [0, 0.05) is 37.3 Å². The zero-order valence-corrected chi connectivity index (χ0v) is 13.3. The van der Waals surface area contributed by atoms with Crippen LogP contribution in [0, 0.1) is 0 Å². The van der Waals surface area contributed by atoms with Crippen molar-refractivity contribution in [3.63, 3.8) is 0 Å². The Labute approximate surface area is 124 Å². The first-order valence-electron chi connectivity index (χ1n) is 7.21. The summed E-state index contributed by atoms with van der Waals surface area (Å²) in [4.78, 5) is 8.10. The number of nitrogens with one attached hydrogen (secondary N) is 1. The SMILES string of the molecule is CCNCc1c(N(CCCO)C(C)C)nc2sccn12. The van der Waals surface area contributed by atoms with Gasteiger partial charge in [-0.25, -0.2) is 4.98 Å². The summed E-state index contributed by atoms with van der Waals surface area (Å²) in [6.45, 7) is 9.24. The minimum Gasteiger partial charge on any atom is -0.396 e. The molecule has 2 N–H and O–H groups in total. The highest BCUT2D eigenvalue weighted by Crippen LogP contribution is 2.26. The molecule has 0 fully saturated rings. The number of aliphatic hydroxyl groups is 1. The first kappa shape index (κ1) is 15.3. The van der Waals surface area contributed by atoms with E-state index in [0.29, 0.717) is 6.04 Å². The van der Waals surface area contributed by atoms with Gasteiger partial charge in [-0.2, -0.15) is 0 Å². The smallest absolute Gasteiger partial charge is 0.195 e. The van der Waals surface area contributed by atoms with E-state index < -0.39 is 0 Å². The van der Waals surface area contributed by atoms with E-state index in [1.54, 1.807) is 11.3 Å². The van der Waals surface area contributed by atoms with Crippen LogP contribution in [-0.2, 0) is 6.54 Å². The van der Waals surface area contributed by atoms with E-state index in [2.05, 4.69) is 47.0 Å². The summed E-state index contributed by atoms with van der Waals surface area (Å²) < 4.78 is 2.16. The van der Waals surface area contributed by atoms with Crippen molar-refractivity contribution in [2.45, 2.75) is 39.8 Å². The number of aliphatic hydroxyl groups excluding tert-OH is 1. The maximum Gasteiger partial charge on any atom is 0.195 e. The van der Waals surface area contributed by atoms with E-state index in [4.69, 9.17) is 10.1 Å². The molecule has 0 radical (unpaired) electrons. The van der Waals surface area contributed by atoms with E-state index in [1.165, 1.54) is 5.69 Å². The Morgan fingerprint density at radius 2 is 2.30 bits per heavy atom. The lowest BCUT2D eigenvalue weighted by atomic mass is 10.2. The Morgan fingerprint density at radius 3 is 2.95 bits per heavy atom. The number of nitrogens with zero attached hydrogens (tertiary/aromatic N) is 3. The minimum atomic E-state index is 0.216. The van der Waals surface area contributed by atoms with Crippen LogP contribution in [0.4, 0.5) is 5.82 Å². The molecule has 0 aliphatic carbocycles. The van der Waals surface area contributed by atoms with Crippen LogP contribution in [0.15, 0.2) is 11.6 Å². The van der Waals surface area contributed by atoms with Crippen molar-refractivity contribution in [3.05, 3.63) is 17.3 Å². The number of anilines is 1. The molecule has 0 atom stereocenters. The Kier molecular flexibility index (Phi) is 5.39. The van der Waals surface area contributed by atoms with Crippen molar-refractivity contribution >= 4 is 22.1 Å². The van der Waals surface area contributed by atoms with Crippen LogP contribution in [0.25, 0.3) is 4.96 Å². The summed E-state index contributed by atoms with van der Waals surface area (Å²) in [5.74, 6) is 1.04. The first-order chi connectivity index (χ1) is 9.69. The molecule has 2 aromatic heterocycles. The Hall–Kier alpha value is -1.11. The van der Waals surface area contributed by atoms with Gasteiger partial charge in [0.05, 0.1) is 5.69 Å². The van der Waals surface area contributed by atoms with Crippen LogP contribution >= 0.6 is 11.3 Å². The van der Waals surface area contributed by atoms with Gasteiger partial charge in [0.15, 0.2) is 10.8 Å². The standard InChI is InChI=1S/C14H24N4OS/c1-4-15-10-12-13(16-14-18(12)7-9-20-14)17(11(2)3)6-5-8-19/h7,9,11,15,19H,4-6,8,10H2,1-3H3. The zero-order valence-electron chi connectivity index (χ0n) is 12.5. The summed E-state index contributed by atoms with van der Waals surface area (Å²) in [5.41, 5.74) is 1.20. The molecule has 0 aliphatic rings. The molecule has 6 heteroatoms. The predicted molar refractivity (Wildman–Crippen MR) is 84.6 cm³/mol. The molecule has 0 bridgehead atoms. The molecule has 0 saturated heterocycles. The van der Waals surface area contributed by atoms with Crippen molar-refractivity contribution in [3.8, 4) is 0 Å². The lowest BCUT2D eigenvalue weighted by molar-refractivity contribution is 0.288. The molecular formula is C14H24N4OS. The number of hydrogen-bond donors (Lipinski definition) is 2. The van der Waals surface area contributed by atoms with Gasteiger partial charge in [-0.1, -0.05) is 6.92 Å². The van der Waals surface area contributed by atoms with Gasteiger partial charge in [0.1, 0.15) is 0 Å². The summed E-state index contributed by atoms with van der Waals surface area (Å²) in [7, 11) is 0. The summed E-state index contributed by atoms with van der Waals surface area (Å²) in [6.07, 6.45) is 2.84. The van der Waals surface area contributed by atoms with Crippen LogP contribution in [0.3, 0.4) is 0 Å². The number of aromatic nitrogens is 2. The minimum absolute atomic E-state index is 0.216. The van der Waals surface area contributed by atoms with E-state index in [9.17, 15) is 0 Å². The molecule has 5 nitrogen and oxygen atoms in total. The van der Waals surface area contributed by atoms with E-state index >= 15 is 0 Å². The Bertz CT molecular complexity index is 534. The van der Waals surface area contributed by atoms with Gasteiger partial charge in [-0.15, -0.1) is 11.3 Å². The molecule has 0 aliphatic heterocycles. The molecule has 2 aromatic rings. The van der Waals surface area contributed by atoms with Crippen LogP contribution in [-0.4, -0.2) is 40.2 Å². The third-order valence-electron chi connectivity index (χ3n) is 3.33. The molecule has 0 spiro atoms. The van der Waals surface area contributed by atoms with Crippen molar-refractivity contribution in [2.24, 2.45) is 0 Å². The number of thiazole rings is 1. The average Bonchev–Trinajstić information content (AvgIpc) is 2.98. The lowest BCUT2D eigenvalue weighted by Crippen LogP contribution is -2.34. The monoisotopic (exact) mass is 296 g/mol. The van der Waals surface area contributed by atoms with Crippen LogP contribution < -0.4 is 10.2 Å². The molecule has 2 rings (SSSR count). The van der Waals surface area contributed by atoms with Gasteiger partial charge in [0.2, 0.25) is 0 Å². The highest BCUT2D eigenvalue weighted by Gasteiger charge is 2.20. The molecule has 0 aromatic carbocycles. The van der Waals surface area contributed by atoms with E-state index in [-0.39, 0.29) is 6.61 Å². The summed E-state index contributed by atoms with van der Waals surface area (Å²) >= 11 is 1.66. The molecular weight excluding hydrogens is 272 g/mol. The normalized spacial score (nSPS) is 11.7. The molecule has 0 saturated carbocycles. The molecule has 0 unspecified atom stereocenters. The average molecular weight is 296 g/mol. The number of hydrogen-bond acceptors (Lipinski definition) is 5. The number of imidazole rings is 1. The van der Waals surface area contributed by atoms with Gasteiger partial charge < -0.3 is 15.3 Å². The van der Waals surface area contributed by atoms with E-state index in [1.807, 2.05) is 0 Å². The second-order valence-corrected chi connectivity index (χ2v) is 5.96.